The molecule has 1 aliphatic rings. The molecule has 1 amide bonds. The second-order valence-corrected chi connectivity index (χ2v) is 8.17. The fourth-order valence-corrected chi connectivity index (χ4v) is 3.61. The third-order valence-corrected chi connectivity index (χ3v) is 5.47. The predicted molar refractivity (Wildman–Crippen MR) is 108 cm³/mol. The van der Waals surface area contributed by atoms with Crippen LogP contribution in [0, 0.1) is 5.92 Å². The van der Waals surface area contributed by atoms with Crippen LogP contribution in [-0.4, -0.2) is 59.1 Å². The Labute approximate surface area is 162 Å². The van der Waals surface area contributed by atoms with E-state index < -0.39 is 0 Å². The van der Waals surface area contributed by atoms with Crippen molar-refractivity contribution in [2.24, 2.45) is 5.92 Å². The average Bonchev–Trinajstić information content (AvgIpc) is 3.27. The van der Waals surface area contributed by atoms with E-state index in [9.17, 15) is 4.79 Å². The van der Waals surface area contributed by atoms with E-state index in [1.165, 1.54) is 12.8 Å². The van der Waals surface area contributed by atoms with Crippen LogP contribution in [0.15, 0.2) is 30.5 Å². The Hall–Kier alpha value is -2.45. The molecule has 7 nitrogen and oxygen atoms in total. The van der Waals surface area contributed by atoms with Crippen molar-refractivity contribution in [3.63, 3.8) is 0 Å². The van der Waals surface area contributed by atoms with Crippen molar-refractivity contribution in [2.75, 3.05) is 39.0 Å². The van der Waals surface area contributed by atoms with Crippen LogP contribution in [0.1, 0.15) is 23.2 Å². The Morgan fingerprint density at radius 3 is 3.00 bits per heavy atom. The number of hydrogen-bond acceptors (Lipinski definition) is 6. The van der Waals surface area contributed by atoms with Crippen LogP contribution in [0.5, 0.6) is 0 Å². The van der Waals surface area contributed by atoms with Gasteiger partial charge in [-0.05, 0) is 45.0 Å². The Bertz CT molecular complexity index is 943. The maximum Gasteiger partial charge on any atom is 0.251 e. The summed E-state index contributed by atoms with van der Waals surface area (Å²) in [5.41, 5.74) is 2.47. The first kappa shape index (κ1) is 17.9. The first-order valence-electron chi connectivity index (χ1n) is 9.22. The molecule has 0 saturated heterocycles. The molecule has 8 heteroatoms. The topological polar surface area (TPSA) is 74.6 Å². The number of likely N-dealkylation sites (N-methyl/N-ethyl adjacent to an activating group) is 1. The quantitative estimate of drug-likeness (QED) is 0.624. The number of anilines is 1. The molecule has 1 fully saturated rings. The van der Waals surface area contributed by atoms with Gasteiger partial charge in [0.1, 0.15) is 0 Å². The van der Waals surface area contributed by atoms with Gasteiger partial charge in [-0.3, -0.25) is 4.79 Å². The van der Waals surface area contributed by atoms with Crippen molar-refractivity contribution in [1.29, 1.82) is 0 Å². The van der Waals surface area contributed by atoms with Crippen LogP contribution < -0.4 is 10.6 Å². The van der Waals surface area contributed by atoms with E-state index in [4.69, 9.17) is 0 Å². The van der Waals surface area contributed by atoms with Crippen molar-refractivity contribution in [1.82, 2.24) is 24.8 Å². The third-order valence-electron chi connectivity index (χ3n) is 4.59. The van der Waals surface area contributed by atoms with Crippen LogP contribution in [0.25, 0.3) is 16.2 Å². The normalized spacial score (nSPS) is 14.0. The summed E-state index contributed by atoms with van der Waals surface area (Å²) in [5, 5.41) is 11.9. The van der Waals surface area contributed by atoms with E-state index in [2.05, 4.69) is 20.7 Å². The molecule has 27 heavy (non-hydrogen) atoms. The average molecular weight is 385 g/mol. The van der Waals surface area contributed by atoms with Crippen molar-refractivity contribution in [3.8, 4) is 11.3 Å². The zero-order chi connectivity index (χ0) is 18.8. The SMILES string of the molecule is CN(C)CCNC(=O)c1cccc(-c2cnc3sc(NCC4CC4)nn23)c1. The standard InChI is InChI=1S/C19H24N6OS/c1-24(2)9-8-20-17(26)15-5-3-4-14(10-15)16-12-22-19-25(16)23-18(27-19)21-11-13-6-7-13/h3-5,10,12-13H,6-9,11H2,1-2H3,(H,20,26)(H,21,23). The van der Waals surface area contributed by atoms with Gasteiger partial charge in [0.05, 0.1) is 11.9 Å². The lowest BCUT2D eigenvalue weighted by atomic mass is 10.1. The second-order valence-electron chi connectivity index (χ2n) is 7.21. The number of carbonyl (C=O) groups excluding carboxylic acids is 1. The molecule has 2 heterocycles. The van der Waals surface area contributed by atoms with Gasteiger partial charge in [-0.1, -0.05) is 23.5 Å². The van der Waals surface area contributed by atoms with Crippen molar-refractivity contribution in [2.45, 2.75) is 12.8 Å². The number of amides is 1. The number of rotatable bonds is 8. The van der Waals surface area contributed by atoms with Crippen molar-refractivity contribution < 1.29 is 4.79 Å². The zero-order valence-corrected chi connectivity index (χ0v) is 16.4. The molecule has 1 saturated carbocycles. The highest BCUT2D eigenvalue weighted by molar-refractivity contribution is 7.20. The molecule has 1 aromatic carbocycles. The van der Waals surface area contributed by atoms with Gasteiger partial charge >= 0.3 is 0 Å². The van der Waals surface area contributed by atoms with Crippen molar-refractivity contribution >= 4 is 27.3 Å². The zero-order valence-electron chi connectivity index (χ0n) is 15.6. The van der Waals surface area contributed by atoms with Crippen molar-refractivity contribution in [3.05, 3.63) is 36.0 Å². The molecule has 2 aromatic heterocycles. The largest absolute Gasteiger partial charge is 0.360 e. The van der Waals surface area contributed by atoms with Gasteiger partial charge in [0.25, 0.3) is 5.91 Å². The van der Waals surface area contributed by atoms with Gasteiger partial charge in [-0.2, -0.15) is 0 Å². The Morgan fingerprint density at radius 1 is 1.37 bits per heavy atom. The summed E-state index contributed by atoms with van der Waals surface area (Å²) >= 11 is 1.55. The van der Waals surface area contributed by atoms with E-state index >= 15 is 0 Å². The van der Waals surface area contributed by atoms with Crippen LogP contribution >= 0.6 is 11.3 Å². The number of nitrogens with one attached hydrogen (secondary N) is 2. The van der Waals surface area contributed by atoms with Gasteiger partial charge in [0.15, 0.2) is 0 Å². The molecule has 2 N–H and O–H groups in total. The number of carbonyl (C=O) groups is 1. The minimum atomic E-state index is -0.0653. The van der Waals surface area contributed by atoms with Gasteiger partial charge in [0.2, 0.25) is 10.1 Å². The summed E-state index contributed by atoms with van der Waals surface area (Å²) < 4.78 is 1.85. The summed E-state index contributed by atoms with van der Waals surface area (Å²) in [6.07, 6.45) is 4.43. The number of fused-ring (bicyclic) bond motifs is 1. The molecule has 0 bridgehead atoms. The molecule has 4 rings (SSSR count). The highest BCUT2D eigenvalue weighted by Crippen LogP contribution is 2.31. The number of hydrogen-bond donors (Lipinski definition) is 2. The molecule has 0 spiro atoms. The lowest BCUT2D eigenvalue weighted by Crippen LogP contribution is -2.31. The number of benzene rings is 1. The molecular weight excluding hydrogens is 360 g/mol. The van der Waals surface area contributed by atoms with Gasteiger partial charge < -0.3 is 15.5 Å². The van der Waals surface area contributed by atoms with Gasteiger partial charge in [-0.15, -0.1) is 5.10 Å². The van der Waals surface area contributed by atoms with Gasteiger partial charge in [0, 0.05) is 30.8 Å². The highest BCUT2D eigenvalue weighted by Gasteiger charge is 2.21. The van der Waals surface area contributed by atoms with E-state index in [1.807, 2.05) is 54.0 Å². The summed E-state index contributed by atoms with van der Waals surface area (Å²) in [6.45, 7) is 2.41. The molecule has 0 unspecified atom stereocenters. The minimum Gasteiger partial charge on any atom is -0.360 e. The van der Waals surface area contributed by atoms with Crippen LogP contribution in [0.2, 0.25) is 0 Å². The van der Waals surface area contributed by atoms with E-state index in [0.29, 0.717) is 12.1 Å². The third kappa shape index (κ3) is 4.28. The Morgan fingerprint density at radius 2 is 2.22 bits per heavy atom. The molecule has 0 aliphatic heterocycles. The first-order valence-corrected chi connectivity index (χ1v) is 10.0. The lowest BCUT2D eigenvalue weighted by Gasteiger charge is -2.10. The fourth-order valence-electron chi connectivity index (χ4n) is 2.83. The number of imidazole rings is 1. The summed E-state index contributed by atoms with van der Waals surface area (Å²) in [6, 6.07) is 7.60. The smallest absolute Gasteiger partial charge is 0.251 e. The number of nitrogens with zero attached hydrogens (tertiary/aromatic N) is 4. The lowest BCUT2D eigenvalue weighted by molar-refractivity contribution is 0.0951. The van der Waals surface area contributed by atoms with E-state index in [1.54, 1.807) is 11.3 Å². The molecule has 3 aromatic rings. The van der Waals surface area contributed by atoms with E-state index in [0.717, 1.165) is 40.4 Å². The predicted octanol–water partition coefficient (Wildman–Crippen LogP) is 2.57. The van der Waals surface area contributed by atoms with Crippen LogP contribution in [0.4, 0.5) is 5.13 Å². The maximum atomic E-state index is 12.4. The monoisotopic (exact) mass is 384 g/mol. The van der Waals surface area contributed by atoms with E-state index in [-0.39, 0.29) is 5.91 Å². The summed E-state index contributed by atoms with van der Waals surface area (Å²) in [5.74, 6) is 0.730. The number of aromatic nitrogens is 3. The molecular formula is C19H24N6OS. The minimum absolute atomic E-state index is 0.0653. The van der Waals surface area contributed by atoms with Crippen LogP contribution in [0.3, 0.4) is 0 Å². The molecule has 0 radical (unpaired) electrons. The Balaban J connectivity index is 1.51. The fraction of sp³-hybridized carbons (Fsp3) is 0.421. The highest BCUT2D eigenvalue weighted by atomic mass is 32.1. The first-order chi connectivity index (χ1) is 13.1. The molecule has 1 aliphatic carbocycles. The summed E-state index contributed by atoms with van der Waals surface area (Å²) in [7, 11) is 3.97. The second kappa shape index (κ2) is 7.66. The molecule has 0 atom stereocenters. The summed E-state index contributed by atoms with van der Waals surface area (Å²) in [4.78, 5) is 19.8. The molecule has 142 valence electrons. The Kier molecular flexibility index (Phi) is 5.09. The van der Waals surface area contributed by atoms with Crippen LogP contribution in [-0.2, 0) is 0 Å². The maximum absolute atomic E-state index is 12.4. The van der Waals surface area contributed by atoms with Gasteiger partial charge in [-0.25, -0.2) is 9.50 Å².